The molecule has 294 valence electrons. The van der Waals surface area contributed by atoms with E-state index in [4.69, 9.17) is 23.4 Å². The fourth-order valence-electron chi connectivity index (χ4n) is 8.00. The molecule has 0 spiro atoms. The maximum atomic E-state index is 7.12. The van der Waals surface area contributed by atoms with Crippen molar-refractivity contribution in [2.45, 2.75) is 218 Å². The van der Waals surface area contributed by atoms with Crippen molar-refractivity contribution in [1.82, 2.24) is 0 Å². The van der Waals surface area contributed by atoms with Crippen molar-refractivity contribution >= 4 is 8.32 Å². The van der Waals surface area contributed by atoms with Gasteiger partial charge in [0, 0.05) is 19.8 Å². The lowest BCUT2D eigenvalue weighted by Gasteiger charge is -2.43. The van der Waals surface area contributed by atoms with Crippen LogP contribution in [0.1, 0.15) is 176 Å². The molecule has 0 N–H and O–H groups in total. The monoisotopic (exact) mass is 721 g/mol. The van der Waals surface area contributed by atoms with Gasteiger partial charge in [0.1, 0.15) is 18.3 Å². The van der Waals surface area contributed by atoms with Gasteiger partial charge >= 0.3 is 0 Å². The molecule has 0 radical (unpaired) electrons. The third kappa shape index (κ3) is 19.4. The molecule has 0 aromatic carbocycles. The molecule has 0 bridgehead atoms. The van der Waals surface area contributed by atoms with E-state index < -0.39 is 14.6 Å². The van der Waals surface area contributed by atoms with Crippen molar-refractivity contribution in [3.05, 3.63) is 38.0 Å². The van der Waals surface area contributed by atoms with Crippen LogP contribution < -0.4 is 0 Å². The maximum absolute atomic E-state index is 7.12. The van der Waals surface area contributed by atoms with Gasteiger partial charge in [-0.25, -0.2) is 0 Å². The Morgan fingerprint density at radius 3 is 1.20 bits per heavy atom. The zero-order valence-electron chi connectivity index (χ0n) is 34.1. The van der Waals surface area contributed by atoms with Crippen molar-refractivity contribution in [3.8, 4) is 0 Å². The van der Waals surface area contributed by atoms with Crippen molar-refractivity contribution in [3.63, 3.8) is 0 Å². The van der Waals surface area contributed by atoms with Crippen LogP contribution in [-0.2, 0) is 23.4 Å². The third-order valence-corrected chi connectivity index (χ3v) is 16.9. The molecule has 0 saturated carbocycles. The van der Waals surface area contributed by atoms with E-state index in [1.165, 1.54) is 96.3 Å². The quantitative estimate of drug-likeness (QED) is 0.0366. The summed E-state index contributed by atoms with van der Waals surface area (Å²) < 4.78 is 33.8. The van der Waals surface area contributed by atoms with Gasteiger partial charge in [-0.2, -0.15) is 0 Å². The fourth-order valence-corrected chi connectivity index (χ4v) is 13.4. The van der Waals surface area contributed by atoms with Gasteiger partial charge in [0.2, 0.25) is 0 Å². The zero-order valence-corrected chi connectivity index (χ0v) is 35.1. The first kappa shape index (κ1) is 47.3. The second-order valence-electron chi connectivity index (χ2n) is 15.8. The smallest absolute Gasteiger partial charge is 0.200 e. The minimum atomic E-state index is -2.07. The first-order chi connectivity index (χ1) is 24.3. The normalized spacial score (nSPS) is 19.6. The lowest BCUT2D eigenvalue weighted by atomic mass is 10.1. The number of unbranched alkanes of at least 4 members (excludes halogenated alkanes) is 18. The summed E-state index contributed by atoms with van der Waals surface area (Å²) in [6.07, 6.45) is 30.4. The fraction of sp³-hybridized carbons (Fsp3) is 0.864. The summed E-state index contributed by atoms with van der Waals surface area (Å²) in [5.74, 6) is 0. The Kier molecular flexibility index (Phi) is 29.0. The van der Waals surface area contributed by atoms with E-state index in [0.29, 0.717) is 36.4 Å². The van der Waals surface area contributed by atoms with Gasteiger partial charge in [-0.15, -0.1) is 19.7 Å². The van der Waals surface area contributed by atoms with Crippen molar-refractivity contribution < 1.29 is 23.4 Å². The Morgan fingerprint density at radius 1 is 0.480 bits per heavy atom. The van der Waals surface area contributed by atoms with E-state index in [9.17, 15) is 0 Å². The Balaban J connectivity index is 2.94. The molecule has 50 heavy (non-hydrogen) atoms. The lowest BCUT2D eigenvalue weighted by molar-refractivity contribution is -0.181. The largest absolute Gasteiger partial charge is 0.413 e. The van der Waals surface area contributed by atoms with Crippen LogP contribution in [0, 0.1) is 0 Å². The zero-order chi connectivity index (χ0) is 36.9. The molecule has 1 saturated heterocycles. The molecule has 1 fully saturated rings. The van der Waals surface area contributed by atoms with Gasteiger partial charge < -0.3 is 23.4 Å². The highest BCUT2D eigenvalue weighted by molar-refractivity contribution is 6.77. The topological polar surface area (TPSA) is 46.2 Å². The van der Waals surface area contributed by atoms with Crippen LogP contribution in [0.15, 0.2) is 38.0 Å². The molecular formula is C44H84O5Si. The minimum Gasteiger partial charge on any atom is -0.413 e. The molecule has 1 aliphatic heterocycles. The van der Waals surface area contributed by atoms with Crippen molar-refractivity contribution in [2.75, 3.05) is 26.4 Å². The number of allylic oxidation sites excluding steroid dienone is 3. The summed E-state index contributed by atoms with van der Waals surface area (Å²) in [6, 6.07) is 0. The average molecular weight is 721 g/mol. The predicted octanol–water partition coefficient (Wildman–Crippen LogP) is 13.4. The Labute approximate surface area is 312 Å². The minimum absolute atomic E-state index is 0.186. The summed E-state index contributed by atoms with van der Waals surface area (Å²) >= 11 is 0. The van der Waals surface area contributed by atoms with Gasteiger partial charge in [-0.05, 0) is 74.4 Å². The number of ether oxygens (including phenoxy) is 4. The van der Waals surface area contributed by atoms with Crippen LogP contribution in [0.25, 0.3) is 0 Å². The van der Waals surface area contributed by atoms with Gasteiger partial charge in [-0.1, -0.05) is 137 Å². The van der Waals surface area contributed by atoms with Crippen LogP contribution in [-0.4, -0.2) is 59.3 Å². The molecule has 1 aliphatic rings. The van der Waals surface area contributed by atoms with Crippen LogP contribution >= 0.6 is 0 Å². The summed E-state index contributed by atoms with van der Waals surface area (Å²) in [6.45, 7) is 28.3. The van der Waals surface area contributed by atoms with E-state index in [1.807, 2.05) is 18.2 Å². The van der Waals surface area contributed by atoms with Gasteiger partial charge in [0.25, 0.3) is 0 Å². The highest BCUT2D eigenvalue weighted by Gasteiger charge is 2.50. The molecule has 5 nitrogen and oxygen atoms in total. The Bertz CT molecular complexity index is 792. The predicted molar refractivity (Wildman–Crippen MR) is 219 cm³/mol. The maximum Gasteiger partial charge on any atom is 0.200 e. The van der Waals surface area contributed by atoms with Crippen LogP contribution in [0.2, 0.25) is 16.6 Å². The summed E-state index contributed by atoms with van der Waals surface area (Å²) in [4.78, 5) is 0. The third-order valence-electron chi connectivity index (χ3n) is 10.8. The second kappa shape index (κ2) is 30.7. The number of rotatable bonds is 36. The van der Waals surface area contributed by atoms with E-state index >= 15 is 0 Å². The van der Waals surface area contributed by atoms with E-state index in [0.717, 1.165) is 45.1 Å². The lowest BCUT2D eigenvalue weighted by Crippen LogP contribution is -2.50. The van der Waals surface area contributed by atoms with E-state index in [-0.39, 0.29) is 18.3 Å². The van der Waals surface area contributed by atoms with Crippen LogP contribution in [0.3, 0.4) is 0 Å². The molecule has 4 atom stereocenters. The summed E-state index contributed by atoms with van der Waals surface area (Å²) in [5.41, 5.74) is 1.55. The Hall–Kier alpha value is -0.763. The molecule has 0 unspecified atom stereocenters. The molecule has 0 amide bonds. The number of hydrogen-bond donors (Lipinski definition) is 0. The molecule has 6 heteroatoms. The SMILES string of the molecule is C=CCCCCCCCCO[C@@H]1O[C@H](CO[Si](C(C)C)(C(C)C)C(C)C)[C@@H](OCCCCCCCCC=C)[C@H]1OCCCCCCCCC=C. The summed E-state index contributed by atoms with van der Waals surface area (Å²) in [5, 5.41) is 0. The standard InChI is InChI=1S/C44H84O5Si/c1-10-13-16-19-22-25-28-31-34-45-42-41(37-48-50(38(4)5,39(6)7)40(8)9)49-44(47-36-33-30-27-24-21-18-15-12-3)43(42)46-35-32-29-26-23-20-17-14-11-2/h10-12,38-44H,1-3,13-37H2,4-9H3/t41-,42-,43-,44-/m1/s1. The highest BCUT2D eigenvalue weighted by atomic mass is 28.4. The summed E-state index contributed by atoms with van der Waals surface area (Å²) in [7, 11) is -2.07. The molecule has 0 aromatic heterocycles. The van der Waals surface area contributed by atoms with Gasteiger partial charge in [0.15, 0.2) is 14.6 Å². The van der Waals surface area contributed by atoms with Gasteiger partial charge in [0.05, 0.1) is 6.61 Å². The Morgan fingerprint density at radius 2 is 0.820 bits per heavy atom. The molecule has 0 aliphatic carbocycles. The molecule has 1 heterocycles. The molecule has 0 aromatic rings. The van der Waals surface area contributed by atoms with Crippen molar-refractivity contribution in [1.29, 1.82) is 0 Å². The van der Waals surface area contributed by atoms with Crippen LogP contribution in [0.5, 0.6) is 0 Å². The van der Waals surface area contributed by atoms with E-state index in [1.54, 1.807) is 0 Å². The first-order valence-corrected chi connectivity index (χ1v) is 23.4. The number of hydrogen-bond acceptors (Lipinski definition) is 5. The highest BCUT2D eigenvalue weighted by Crippen LogP contribution is 2.43. The first-order valence-electron chi connectivity index (χ1n) is 21.2. The van der Waals surface area contributed by atoms with E-state index in [2.05, 4.69) is 61.3 Å². The molecule has 1 rings (SSSR count). The van der Waals surface area contributed by atoms with Crippen LogP contribution in [0.4, 0.5) is 0 Å². The second-order valence-corrected chi connectivity index (χ2v) is 21.3. The average Bonchev–Trinajstić information content (AvgIpc) is 3.41. The molecular weight excluding hydrogens is 637 g/mol. The van der Waals surface area contributed by atoms with Crippen molar-refractivity contribution in [2.24, 2.45) is 0 Å². The van der Waals surface area contributed by atoms with Gasteiger partial charge in [-0.3, -0.25) is 0 Å².